The highest BCUT2D eigenvalue weighted by Gasteiger charge is 2.21. The van der Waals surface area contributed by atoms with Crippen molar-refractivity contribution in [1.29, 1.82) is 0 Å². The fraction of sp³-hybridized carbons (Fsp3) is 0.533. The van der Waals surface area contributed by atoms with Crippen LogP contribution < -0.4 is 15.4 Å². The van der Waals surface area contributed by atoms with E-state index in [0.717, 1.165) is 31.9 Å². The molecule has 0 saturated carbocycles. The molecule has 0 atom stereocenters. The van der Waals surface area contributed by atoms with Crippen molar-refractivity contribution in [3.8, 4) is 5.75 Å². The number of carbonyl (C=O) groups is 1. The van der Waals surface area contributed by atoms with Gasteiger partial charge in [0, 0.05) is 31.9 Å². The van der Waals surface area contributed by atoms with Crippen LogP contribution in [0.15, 0.2) is 12.1 Å². The van der Waals surface area contributed by atoms with Crippen molar-refractivity contribution in [2.75, 3.05) is 44.7 Å². The van der Waals surface area contributed by atoms with Crippen molar-refractivity contribution in [1.82, 2.24) is 4.90 Å². The van der Waals surface area contributed by atoms with Gasteiger partial charge < -0.3 is 20.3 Å². The molecule has 5 nitrogen and oxygen atoms in total. The predicted octanol–water partition coefficient (Wildman–Crippen LogP) is 0.919. The first-order valence-corrected chi connectivity index (χ1v) is 6.95. The van der Waals surface area contributed by atoms with Crippen molar-refractivity contribution in [2.24, 2.45) is 5.73 Å². The van der Waals surface area contributed by atoms with Crippen molar-refractivity contribution < 1.29 is 9.53 Å². The monoisotopic (exact) mass is 277 g/mol. The van der Waals surface area contributed by atoms with Crippen molar-refractivity contribution >= 4 is 11.6 Å². The molecule has 1 fully saturated rings. The number of piperazine rings is 1. The van der Waals surface area contributed by atoms with E-state index >= 15 is 0 Å². The quantitative estimate of drug-likeness (QED) is 0.892. The van der Waals surface area contributed by atoms with Crippen molar-refractivity contribution in [3.05, 3.63) is 23.3 Å². The Morgan fingerprint density at radius 1 is 1.20 bits per heavy atom. The molecule has 1 aliphatic rings. The number of benzene rings is 1. The van der Waals surface area contributed by atoms with Crippen LogP contribution in [0.25, 0.3) is 0 Å². The Hall–Kier alpha value is -1.75. The normalized spacial score (nSPS) is 15.4. The van der Waals surface area contributed by atoms with Crippen LogP contribution in [0, 0.1) is 13.8 Å². The fourth-order valence-electron chi connectivity index (χ4n) is 2.67. The van der Waals surface area contributed by atoms with E-state index < -0.39 is 0 Å². The minimum Gasteiger partial charge on any atom is -0.496 e. The minimum absolute atomic E-state index is 0.0345. The SMILES string of the molecule is COc1ccc(N2CCN(C(=O)CN)CC2)c(C)c1C. The molecular weight excluding hydrogens is 254 g/mol. The Morgan fingerprint density at radius 2 is 1.85 bits per heavy atom. The van der Waals surface area contributed by atoms with Crippen LogP contribution in [-0.2, 0) is 4.79 Å². The predicted molar refractivity (Wildman–Crippen MR) is 80.3 cm³/mol. The number of nitrogens with zero attached hydrogens (tertiary/aromatic N) is 2. The van der Waals surface area contributed by atoms with Gasteiger partial charge in [-0.2, -0.15) is 0 Å². The molecule has 0 aliphatic carbocycles. The van der Waals surface area contributed by atoms with Gasteiger partial charge in [0.15, 0.2) is 0 Å². The summed E-state index contributed by atoms with van der Waals surface area (Å²) in [6.07, 6.45) is 0. The summed E-state index contributed by atoms with van der Waals surface area (Å²) in [5.41, 5.74) is 9.04. The lowest BCUT2D eigenvalue weighted by Gasteiger charge is -2.37. The third-order valence-corrected chi connectivity index (χ3v) is 4.08. The second kappa shape index (κ2) is 6.13. The number of hydrogen-bond donors (Lipinski definition) is 1. The molecule has 1 aliphatic heterocycles. The zero-order valence-corrected chi connectivity index (χ0v) is 12.5. The molecule has 110 valence electrons. The van der Waals surface area contributed by atoms with Crippen molar-refractivity contribution in [3.63, 3.8) is 0 Å². The number of rotatable bonds is 3. The van der Waals surface area contributed by atoms with Gasteiger partial charge in [0.25, 0.3) is 0 Å². The number of methoxy groups -OCH3 is 1. The number of ether oxygens (including phenoxy) is 1. The molecule has 5 heteroatoms. The summed E-state index contributed by atoms with van der Waals surface area (Å²) < 4.78 is 5.35. The van der Waals surface area contributed by atoms with Gasteiger partial charge in [0.1, 0.15) is 5.75 Å². The number of nitrogens with two attached hydrogens (primary N) is 1. The zero-order valence-electron chi connectivity index (χ0n) is 12.5. The smallest absolute Gasteiger partial charge is 0.236 e. The second-order valence-corrected chi connectivity index (χ2v) is 5.11. The summed E-state index contributed by atoms with van der Waals surface area (Å²) in [6, 6.07) is 4.11. The van der Waals surface area contributed by atoms with Gasteiger partial charge in [-0.3, -0.25) is 4.79 Å². The van der Waals surface area contributed by atoms with E-state index in [2.05, 4.69) is 24.8 Å². The van der Waals surface area contributed by atoms with E-state index in [1.54, 1.807) is 7.11 Å². The van der Waals surface area contributed by atoms with Crippen LogP contribution in [-0.4, -0.2) is 50.6 Å². The van der Waals surface area contributed by atoms with Gasteiger partial charge >= 0.3 is 0 Å². The van der Waals surface area contributed by atoms with Crippen LogP contribution in [0.4, 0.5) is 5.69 Å². The maximum Gasteiger partial charge on any atom is 0.236 e. The number of amides is 1. The molecule has 1 aromatic rings. The molecular formula is C15H23N3O2. The maximum atomic E-state index is 11.6. The first kappa shape index (κ1) is 14.7. The van der Waals surface area contributed by atoms with Gasteiger partial charge in [-0.25, -0.2) is 0 Å². The molecule has 1 aromatic carbocycles. The van der Waals surface area contributed by atoms with E-state index in [9.17, 15) is 4.79 Å². The largest absolute Gasteiger partial charge is 0.496 e. The zero-order chi connectivity index (χ0) is 14.7. The Kier molecular flexibility index (Phi) is 4.49. The van der Waals surface area contributed by atoms with Gasteiger partial charge in [-0.15, -0.1) is 0 Å². The molecule has 1 saturated heterocycles. The lowest BCUT2D eigenvalue weighted by Crippen LogP contribution is -2.50. The van der Waals surface area contributed by atoms with E-state index in [1.807, 2.05) is 11.0 Å². The van der Waals surface area contributed by atoms with Crippen molar-refractivity contribution in [2.45, 2.75) is 13.8 Å². The fourth-order valence-corrected chi connectivity index (χ4v) is 2.67. The highest BCUT2D eigenvalue weighted by Crippen LogP contribution is 2.30. The molecule has 0 bridgehead atoms. The summed E-state index contributed by atoms with van der Waals surface area (Å²) in [4.78, 5) is 15.7. The standard InChI is InChI=1S/C15H23N3O2/c1-11-12(2)14(20-3)5-4-13(11)17-6-8-18(9-7-17)15(19)10-16/h4-5H,6-10,16H2,1-3H3. The lowest BCUT2D eigenvalue weighted by molar-refractivity contribution is -0.129. The molecule has 0 spiro atoms. The summed E-state index contributed by atoms with van der Waals surface area (Å²) >= 11 is 0. The Bertz CT molecular complexity index is 494. The summed E-state index contributed by atoms with van der Waals surface area (Å²) in [7, 11) is 1.69. The van der Waals surface area contributed by atoms with Gasteiger partial charge in [0.05, 0.1) is 13.7 Å². The highest BCUT2D eigenvalue weighted by atomic mass is 16.5. The number of hydrogen-bond acceptors (Lipinski definition) is 4. The number of anilines is 1. The van der Waals surface area contributed by atoms with Gasteiger partial charge in [-0.1, -0.05) is 0 Å². The van der Waals surface area contributed by atoms with E-state index in [4.69, 9.17) is 10.5 Å². The second-order valence-electron chi connectivity index (χ2n) is 5.11. The van der Waals surface area contributed by atoms with Gasteiger partial charge in [-0.05, 0) is 37.1 Å². The van der Waals surface area contributed by atoms with E-state index in [0.29, 0.717) is 0 Å². The molecule has 20 heavy (non-hydrogen) atoms. The summed E-state index contributed by atoms with van der Waals surface area (Å²) in [5, 5.41) is 0. The average molecular weight is 277 g/mol. The first-order chi connectivity index (χ1) is 9.58. The summed E-state index contributed by atoms with van der Waals surface area (Å²) in [5.74, 6) is 0.954. The van der Waals surface area contributed by atoms with Crippen LogP contribution in [0.5, 0.6) is 5.75 Å². The highest BCUT2D eigenvalue weighted by molar-refractivity contribution is 5.78. The van der Waals surface area contributed by atoms with Crippen LogP contribution in [0.2, 0.25) is 0 Å². The molecule has 0 unspecified atom stereocenters. The third-order valence-electron chi connectivity index (χ3n) is 4.08. The molecule has 2 N–H and O–H groups in total. The summed E-state index contributed by atoms with van der Waals surface area (Å²) in [6.45, 7) is 7.45. The molecule has 2 rings (SSSR count). The minimum atomic E-state index is 0.0345. The Balaban J connectivity index is 2.11. The maximum absolute atomic E-state index is 11.6. The van der Waals surface area contributed by atoms with Crippen LogP contribution in [0.1, 0.15) is 11.1 Å². The molecule has 0 radical (unpaired) electrons. The molecule has 1 amide bonds. The average Bonchev–Trinajstić information content (AvgIpc) is 2.49. The van der Waals surface area contributed by atoms with Crippen LogP contribution >= 0.6 is 0 Å². The first-order valence-electron chi connectivity index (χ1n) is 6.95. The Labute approximate surface area is 120 Å². The number of carbonyl (C=O) groups excluding carboxylic acids is 1. The Morgan fingerprint density at radius 3 is 2.40 bits per heavy atom. The van der Waals surface area contributed by atoms with E-state index in [1.165, 1.54) is 16.8 Å². The topological polar surface area (TPSA) is 58.8 Å². The molecule has 0 aromatic heterocycles. The third kappa shape index (κ3) is 2.72. The molecule has 1 heterocycles. The van der Waals surface area contributed by atoms with E-state index in [-0.39, 0.29) is 12.5 Å². The van der Waals surface area contributed by atoms with Crippen LogP contribution in [0.3, 0.4) is 0 Å². The van der Waals surface area contributed by atoms with Gasteiger partial charge in [0.2, 0.25) is 5.91 Å². The lowest BCUT2D eigenvalue weighted by atomic mass is 10.1.